The molecule has 152 valence electrons. The van der Waals surface area contributed by atoms with Gasteiger partial charge in [-0.2, -0.15) is 0 Å². The van der Waals surface area contributed by atoms with E-state index in [9.17, 15) is 4.79 Å². The molecule has 1 unspecified atom stereocenters. The monoisotopic (exact) mass is 392 g/mol. The van der Waals surface area contributed by atoms with Crippen LogP contribution in [-0.2, 0) is 22.4 Å². The van der Waals surface area contributed by atoms with E-state index in [1.807, 2.05) is 35.4 Å². The number of hydrogen-bond donors (Lipinski definition) is 0. The molecule has 0 saturated carbocycles. The van der Waals surface area contributed by atoms with E-state index < -0.39 is 0 Å². The van der Waals surface area contributed by atoms with Gasteiger partial charge in [-0.15, -0.1) is 0 Å². The van der Waals surface area contributed by atoms with Crippen LogP contribution < -0.4 is 0 Å². The molecule has 0 bridgehead atoms. The highest BCUT2D eigenvalue weighted by molar-refractivity contribution is 6.07. The average Bonchev–Trinajstić information content (AvgIpc) is 3.16. The van der Waals surface area contributed by atoms with E-state index in [0.29, 0.717) is 26.3 Å². The molecule has 1 atom stereocenters. The van der Waals surface area contributed by atoms with Crippen molar-refractivity contribution in [2.24, 2.45) is 0 Å². The Hall–Kier alpha value is -2.63. The minimum Gasteiger partial charge on any atom is -0.380 e. The topological polar surface area (TPSA) is 43.7 Å². The van der Waals surface area contributed by atoms with Crippen LogP contribution in [0.25, 0.3) is 10.9 Å². The summed E-state index contributed by atoms with van der Waals surface area (Å²) in [5.74, 6) is 0.0847. The molecule has 29 heavy (non-hydrogen) atoms. The number of methoxy groups -OCH3 is 1. The van der Waals surface area contributed by atoms with E-state index in [2.05, 4.69) is 34.9 Å². The lowest BCUT2D eigenvalue weighted by Crippen LogP contribution is -2.40. The van der Waals surface area contributed by atoms with Crippen molar-refractivity contribution < 1.29 is 14.3 Å². The van der Waals surface area contributed by atoms with Gasteiger partial charge in [0.05, 0.1) is 24.9 Å². The second-order valence-electron chi connectivity index (χ2n) is 7.50. The smallest absolute Gasteiger partial charge is 0.256 e. The van der Waals surface area contributed by atoms with E-state index >= 15 is 0 Å². The van der Waals surface area contributed by atoms with Gasteiger partial charge in [-0.25, -0.2) is 0 Å². The zero-order chi connectivity index (χ0) is 20.1. The Morgan fingerprint density at radius 2 is 1.79 bits per heavy atom. The van der Waals surface area contributed by atoms with Crippen molar-refractivity contribution in [2.45, 2.75) is 25.5 Å². The Morgan fingerprint density at radius 3 is 2.55 bits per heavy atom. The molecule has 2 aromatic carbocycles. The largest absolute Gasteiger partial charge is 0.380 e. The van der Waals surface area contributed by atoms with Gasteiger partial charge < -0.3 is 18.9 Å². The number of aromatic nitrogens is 1. The predicted octanol–water partition coefficient (Wildman–Crippen LogP) is 3.76. The van der Waals surface area contributed by atoms with Crippen molar-refractivity contribution in [3.8, 4) is 0 Å². The first-order valence-corrected chi connectivity index (χ1v) is 10.3. The number of hydrogen-bond acceptors (Lipinski definition) is 3. The first kappa shape index (κ1) is 19.7. The lowest BCUT2D eigenvalue weighted by molar-refractivity contribution is 0.0303. The fraction of sp³-hybridized carbons (Fsp3) is 0.375. The molecule has 1 saturated heterocycles. The number of rotatable bonds is 7. The van der Waals surface area contributed by atoms with Crippen LogP contribution in [0.2, 0.25) is 0 Å². The number of fused-ring (bicyclic) bond motifs is 1. The number of para-hydroxylation sites is 1. The Morgan fingerprint density at radius 1 is 1.07 bits per heavy atom. The zero-order valence-electron chi connectivity index (χ0n) is 16.9. The zero-order valence-corrected chi connectivity index (χ0v) is 16.9. The molecular weight excluding hydrogens is 364 g/mol. The van der Waals surface area contributed by atoms with Gasteiger partial charge in [0.25, 0.3) is 5.91 Å². The van der Waals surface area contributed by atoms with Crippen molar-refractivity contribution in [1.82, 2.24) is 9.47 Å². The van der Waals surface area contributed by atoms with Gasteiger partial charge in [-0.05, 0) is 24.5 Å². The molecule has 1 aliphatic heterocycles. The third kappa shape index (κ3) is 4.52. The highest BCUT2D eigenvalue weighted by Crippen LogP contribution is 2.24. The van der Waals surface area contributed by atoms with Crippen LogP contribution in [-0.4, -0.2) is 54.9 Å². The summed E-state index contributed by atoms with van der Waals surface area (Å²) >= 11 is 0. The standard InChI is InChI=1S/C24H28N2O3/c1-28-20(12-11-19-7-3-2-4-8-19)17-26-18-22(21-9-5-6-10-23(21)26)24(27)25-13-15-29-16-14-25/h2-10,18,20H,11-17H2,1H3. The Kier molecular flexibility index (Phi) is 6.27. The maximum absolute atomic E-state index is 13.1. The van der Waals surface area contributed by atoms with E-state index in [0.717, 1.165) is 35.9 Å². The number of carbonyl (C=O) groups excluding carboxylic acids is 1. The molecular formula is C24H28N2O3. The van der Waals surface area contributed by atoms with Gasteiger partial charge >= 0.3 is 0 Å². The number of nitrogens with zero attached hydrogens (tertiary/aromatic N) is 2. The van der Waals surface area contributed by atoms with Crippen molar-refractivity contribution in [3.05, 3.63) is 71.9 Å². The molecule has 0 spiro atoms. The summed E-state index contributed by atoms with van der Waals surface area (Å²) in [5, 5.41) is 1.00. The number of benzene rings is 2. The normalized spacial score (nSPS) is 15.6. The molecule has 5 heteroatoms. The lowest BCUT2D eigenvalue weighted by atomic mass is 10.1. The fourth-order valence-electron chi connectivity index (χ4n) is 3.98. The van der Waals surface area contributed by atoms with Crippen LogP contribution in [0.1, 0.15) is 22.3 Å². The summed E-state index contributed by atoms with van der Waals surface area (Å²) in [5.41, 5.74) is 3.15. The first-order valence-electron chi connectivity index (χ1n) is 10.3. The molecule has 0 N–H and O–H groups in total. The summed E-state index contributed by atoms with van der Waals surface area (Å²) in [7, 11) is 1.77. The summed E-state index contributed by atoms with van der Waals surface area (Å²) in [6.45, 7) is 3.23. The molecule has 4 rings (SSSR count). The van der Waals surface area contributed by atoms with Gasteiger partial charge in [0.15, 0.2) is 0 Å². The van der Waals surface area contributed by atoms with E-state index in [1.54, 1.807) is 7.11 Å². The summed E-state index contributed by atoms with van der Waals surface area (Å²) in [6, 6.07) is 18.6. The second kappa shape index (κ2) is 9.25. The van der Waals surface area contributed by atoms with Gasteiger partial charge in [0, 0.05) is 43.8 Å². The van der Waals surface area contributed by atoms with E-state index in [4.69, 9.17) is 9.47 Å². The van der Waals surface area contributed by atoms with Crippen LogP contribution in [0.5, 0.6) is 0 Å². The third-order valence-electron chi connectivity index (χ3n) is 5.65. The second-order valence-corrected chi connectivity index (χ2v) is 7.50. The van der Waals surface area contributed by atoms with Gasteiger partial charge in [-0.3, -0.25) is 4.79 Å². The molecule has 1 fully saturated rings. The number of aryl methyl sites for hydroxylation is 1. The Bertz CT molecular complexity index is 945. The van der Waals surface area contributed by atoms with Crippen LogP contribution in [0, 0.1) is 0 Å². The predicted molar refractivity (Wildman–Crippen MR) is 114 cm³/mol. The summed E-state index contributed by atoms with van der Waals surface area (Å²) in [4.78, 5) is 15.0. The maximum atomic E-state index is 13.1. The minimum absolute atomic E-state index is 0.0809. The Labute approximate surface area is 171 Å². The van der Waals surface area contributed by atoms with E-state index in [1.165, 1.54) is 5.56 Å². The number of carbonyl (C=O) groups is 1. The molecule has 3 aromatic rings. The van der Waals surface area contributed by atoms with E-state index in [-0.39, 0.29) is 12.0 Å². The minimum atomic E-state index is 0.0809. The molecule has 0 aliphatic carbocycles. The molecule has 1 aromatic heterocycles. The van der Waals surface area contributed by atoms with Crippen LogP contribution in [0.15, 0.2) is 60.8 Å². The third-order valence-corrected chi connectivity index (χ3v) is 5.65. The van der Waals surface area contributed by atoms with Crippen LogP contribution in [0.4, 0.5) is 0 Å². The van der Waals surface area contributed by atoms with Crippen LogP contribution >= 0.6 is 0 Å². The molecule has 1 amide bonds. The first-order chi connectivity index (χ1) is 14.3. The SMILES string of the molecule is COC(CCc1ccccc1)Cn1cc(C(=O)N2CCOCC2)c2ccccc21. The molecule has 0 radical (unpaired) electrons. The Balaban J connectivity index is 1.54. The van der Waals surface area contributed by atoms with Gasteiger partial charge in [-0.1, -0.05) is 48.5 Å². The van der Waals surface area contributed by atoms with Gasteiger partial charge in [0.1, 0.15) is 0 Å². The number of amides is 1. The fourth-order valence-corrected chi connectivity index (χ4v) is 3.98. The van der Waals surface area contributed by atoms with Crippen LogP contribution in [0.3, 0.4) is 0 Å². The van der Waals surface area contributed by atoms with Crippen molar-refractivity contribution in [1.29, 1.82) is 0 Å². The quantitative estimate of drug-likeness (QED) is 0.615. The average molecular weight is 392 g/mol. The molecule has 5 nitrogen and oxygen atoms in total. The highest BCUT2D eigenvalue weighted by Gasteiger charge is 2.23. The number of ether oxygens (including phenoxy) is 2. The molecule has 2 heterocycles. The maximum Gasteiger partial charge on any atom is 0.256 e. The highest BCUT2D eigenvalue weighted by atomic mass is 16.5. The van der Waals surface area contributed by atoms with Crippen molar-refractivity contribution in [3.63, 3.8) is 0 Å². The summed E-state index contributed by atoms with van der Waals surface area (Å²) < 4.78 is 13.3. The van der Waals surface area contributed by atoms with Crippen molar-refractivity contribution in [2.75, 3.05) is 33.4 Å². The molecule has 1 aliphatic rings. The van der Waals surface area contributed by atoms with Crippen molar-refractivity contribution >= 4 is 16.8 Å². The summed E-state index contributed by atoms with van der Waals surface area (Å²) in [6.07, 6.45) is 3.98. The number of morpholine rings is 1. The van der Waals surface area contributed by atoms with Gasteiger partial charge in [0.2, 0.25) is 0 Å². The lowest BCUT2D eigenvalue weighted by Gasteiger charge is -2.26.